The van der Waals surface area contributed by atoms with Crippen LogP contribution in [-0.2, 0) is 11.3 Å². The van der Waals surface area contributed by atoms with E-state index in [1.165, 1.54) is 0 Å². The number of carbonyl (C=O) groups is 2. The predicted octanol–water partition coefficient (Wildman–Crippen LogP) is 3.86. The van der Waals surface area contributed by atoms with Gasteiger partial charge in [0.05, 0.1) is 18.6 Å². The van der Waals surface area contributed by atoms with Crippen LogP contribution in [0.5, 0.6) is 5.75 Å². The largest absolute Gasteiger partial charge is 0.496 e. The zero-order chi connectivity index (χ0) is 22.5. The molecule has 0 aliphatic carbocycles. The molecule has 1 atom stereocenters. The molecular weight excluding hydrogens is 406 g/mol. The number of amides is 2. The van der Waals surface area contributed by atoms with E-state index < -0.39 is 0 Å². The van der Waals surface area contributed by atoms with Crippen LogP contribution in [0.4, 0.5) is 0 Å². The number of likely N-dealkylation sites (tertiary alicyclic amines) is 1. The van der Waals surface area contributed by atoms with E-state index in [0.29, 0.717) is 31.1 Å². The van der Waals surface area contributed by atoms with Crippen LogP contribution in [0.3, 0.4) is 0 Å². The van der Waals surface area contributed by atoms with E-state index in [1.807, 2.05) is 61.6 Å². The van der Waals surface area contributed by atoms with Crippen molar-refractivity contribution in [3.05, 3.63) is 71.9 Å². The summed E-state index contributed by atoms with van der Waals surface area (Å²) in [7, 11) is 3.40. The molecule has 32 heavy (non-hydrogen) atoms. The van der Waals surface area contributed by atoms with E-state index in [1.54, 1.807) is 23.0 Å². The van der Waals surface area contributed by atoms with E-state index >= 15 is 0 Å². The first-order valence-corrected chi connectivity index (χ1v) is 10.7. The number of hydrogen-bond donors (Lipinski definition) is 0. The highest BCUT2D eigenvalue weighted by molar-refractivity contribution is 5.94. The van der Waals surface area contributed by atoms with Crippen LogP contribution >= 0.6 is 0 Å². The number of piperidine rings is 1. The van der Waals surface area contributed by atoms with Crippen LogP contribution in [0.25, 0.3) is 11.3 Å². The van der Waals surface area contributed by atoms with Gasteiger partial charge in [-0.15, -0.1) is 0 Å². The first-order chi connectivity index (χ1) is 15.6. The first-order valence-electron chi connectivity index (χ1n) is 10.7. The van der Waals surface area contributed by atoms with Crippen molar-refractivity contribution in [2.75, 3.05) is 27.2 Å². The molecule has 0 saturated carbocycles. The zero-order valence-corrected chi connectivity index (χ0v) is 18.4. The number of benzene rings is 2. The minimum absolute atomic E-state index is 0.0567. The molecule has 1 aliphatic rings. The van der Waals surface area contributed by atoms with Crippen molar-refractivity contribution < 1.29 is 18.8 Å². The standard InChI is InChI=1S/C25H27N3O4/c1-27(16-18-9-4-3-5-10-18)24(29)19-11-8-14-28(17-19)25(30)21-15-23(32-26-21)20-12-6-7-13-22(20)31-2/h3-7,9-10,12-13,15,19H,8,11,14,16-17H2,1-2H3. The summed E-state index contributed by atoms with van der Waals surface area (Å²) in [6.07, 6.45) is 1.55. The Morgan fingerprint density at radius 3 is 2.69 bits per heavy atom. The van der Waals surface area contributed by atoms with Crippen molar-refractivity contribution in [2.24, 2.45) is 5.92 Å². The Morgan fingerprint density at radius 1 is 1.16 bits per heavy atom. The lowest BCUT2D eigenvalue weighted by molar-refractivity contribution is -0.136. The average Bonchev–Trinajstić information content (AvgIpc) is 3.34. The summed E-state index contributed by atoms with van der Waals surface area (Å²) >= 11 is 0. The summed E-state index contributed by atoms with van der Waals surface area (Å²) in [6.45, 7) is 1.53. The Bertz CT molecular complexity index is 1080. The van der Waals surface area contributed by atoms with E-state index in [4.69, 9.17) is 9.26 Å². The van der Waals surface area contributed by atoms with Gasteiger partial charge in [0.15, 0.2) is 11.5 Å². The highest BCUT2D eigenvalue weighted by Gasteiger charge is 2.32. The molecule has 1 aromatic heterocycles. The first kappa shape index (κ1) is 21.6. The number of rotatable bonds is 6. The molecule has 4 rings (SSSR count). The molecule has 0 bridgehead atoms. The number of nitrogens with zero attached hydrogens (tertiary/aromatic N) is 3. The predicted molar refractivity (Wildman–Crippen MR) is 120 cm³/mol. The van der Waals surface area contributed by atoms with Gasteiger partial charge >= 0.3 is 0 Å². The van der Waals surface area contributed by atoms with Crippen LogP contribution in [0.1, 0.15) is 28.9 Å². The number of aromatic nitrogens is 1. The molecular formula is C25H27N3O4. The van der Waals surface area contributed by atoms with Gasteiger partial charge in [-0.25, -0.2) is 0 Å². The fraction of sp³-hybridized carbons (Fsp3) is 0.320. The third-order valence-corrected chi connectivity index (χ3v) is 5.80. The monoisotopic (exact) mass is 433 g/mol. The topological polar surface area (TPSA) is 75.9 Å². The van der Waals surface area contributed by atoms with Crippen molar-refractivity contribution in [3.8, 4) is 17.1 Å². The Morgan fingerprint density at radius 2 is 1.91 bits per heavy atom. The second kappa shape index (κ2) is 9.68. The maximum atomic E-state index is 13.1. The van der Waals surface area contributed by atoms with Crippen molar-refractivity contribution in [1.82, 2.24) is 15.0 Å². The van der Waals surface area contributed by atoms with Gasteiger partial charge < -0.3 is 19.1 Å². The van der Waals surface area contributed by atoms with Crippen LogP contribution in [-0.4, -0.2) is 54.0 Å². The molecule has 7 heteroatoms. The van der Waals surface area contributed by atoms with Gasteiger partial charge in [0.25, 0.3) is 5.91 Å². The highest BCUT2D eigenvalue weighted by atomic mass is 16.5. The number of carbonyl (C=O) groups excluding carboxylic acids is 2. The van der Waals surface area contributed by atoms with Gasteiger partial charge in [-0.2, -0.15) is 0 Å². The molecule has 2 amide bonds. The molecule has 1 saturated heterocycles. The number of methoxy groups -OCH3 is 1. The lowest BCUT2D eigenvalue weighted by Crippen LogP contribution is -2.45. The van der Waals surface area contributed by atoms with E-state index in [-0.39, 0.29) is 23.4 Å². The summed E-state index contributed by atoms with van der Waals surface area (Å²) in [4.78, 5) is 29.5. The number of hydrogen-bond acceptors (Lipinski definition) is 5. The normalized spacial score (nSPS) is 15.9. The third kappa shape index (κ3) is 4.66. The molecule has 2 aromatic carbocycles. The molecule has 0 N–H and O–H groups in total. The summed E-state index contributed by atoms with van der Waals surface area (Å²) in [6, 6.07) is 18.9. The smallest absolute Gasteiger partial charge is 0.276 e. The van der Waals surface area contributed by atoms with Gasteiger partial charge in [0, 0.05) is 32.7 Å². The van der Waals surface area contributed by atoms with Crippen LogP contribution in [0.15, 0.2) is 65.2 Å². The zero-order valence-electron chi connectivity index (χ0n) is 18.4. The molecule has 1 unspecified atom stereocenters. The van der Waals surface area contributed by atoms with Crippen molar-refractivity contribution in [2.45, 2.75) is 19.4 Å². The fourth-order valence-corrected chi connectivity index (χ4v) is 4.12. The summed E-state index contributed by atoms with van der Waals surface area (Å²) in [5, 5.41) is 3.99. The van der Waals surface area contributed by atoms with Crippen LogP contribution < -0.4 is 4.74 Å². The molecule has 0 spiro atoms. The maximum Gasteiger partial charge on any atom is 0.276 e. The molecule has 1 fully saturated rings. The molecule has 7 nitrogen and oxygen atoms in total. The third-order valence-electron chi connectivity index (χ3n) is 5.80. The van der Waals surface area contributed by atoms with Gasteiger partial charge in [0.2, 0.25) is 5.91 Å². The average molecular weight is 434 g/mol. The molecule has 1 aliphatic heterocycles. The van der Waals surface area contributed by atoms with Crippen molar-refractivity contribution >= 4 is 11.8 Å². The summed E-state index contributed by atoms with van der Waals surface area (Å²) < 4.78 is 10.8. The van der Waals surface area contributed by atoms with Crippen LogP contribution in [0, 0.1) is 5.92 Å². The summed E-state index contributed by atoms with van der Waals surface area (Å²) in [5.74, 6) is 0.729. The van der Waals surface area contributed by atoms with Gasteiger partial charge in [-0.05, 0) is 30.5 Å². The lowest BCUT2D eigenvalue weighted by Gasteiger charge is -2.33. The highest BCUT2D eigenvalue weighted by Crippen LogP contribution is 2.30. The quantitative estimate of drug-likeness (QED) is 0.590. The van der Waals surface area contributed by atoms with E-state index in [0.717, 1.165) is 24.0 Å². The second-order valence-corrected chi connectivity index (χ2v) is 8.05. The van der Waals surface area contributed by atoms with Crippen molar-refractivity contribution in [1.29, 1.82) is 0 Å². The Balaban J connectivity index is 1.42. The lowest BCUT2D eigenvalue weighted by atomic mass is 9.96. The second-order valence-electron chi connectivity index (χ2n) is 8.05. The van der Waals surface area contributed by atoms with Gasteiger partial charge in [-0.3, -0.25) is 9.59 Å². The minimum atomic E-state index is -0.224. The number of para-hydroxylation sites is 1. The van der Waals surface area contributed by atoms with E-state index in [2.05, 4.69) is 5.16 Å². The van der Waals surface area contributed by atoms with Gasteiger partial charge in [-0.1, -0.05) is 47.6 Å². The molecule has 0 radical (unpaired) electrons. The molecule has 3 aromatic rings. The Hall–Kier alpha value is -3.61. The minimum Gasteiger partial charge on any atom is -0.496 e. The SMILES string of the molecule is COc1ccccc1-c1cc(C(=O)N2CCCC(C(=O)N(C)Cc3ccccc3)C2)no1. The van der Waals surface area contributed by atoms with E-state index in [9.17, 15) is 9.59 Å². The van der Waals surface area contributed by atoms with Gasteiger partial charge in [0.1, 0.15) is 5.75 Å². The fourth-order valence-electron chi connectivity index (χ4n) is 4.12. The number of ether oxygens (including phenoxy) is 1. The maximum absolute atomic E-state index is 13.1. The van der Waals surface area contributed by atoms with Crippen LogP contribution in [0.2, 0.25) is 0 Å². The Kier molecular flexibility index (Phi) is 6.54. The molecule has 2 heterocycles. The van der Waals surface area contributed by atoms with Crippen molar-refractivity contribution in [3.63, 3.8) is 0 Å². The Labute approximate surface area is 187 Å². The summed E-state index contributed by atoms with van der Waals surface area (Å²) in [5.41, 5.74) is 2.05. The molecule has 166 valence electrons.